The molecule has 1 aliphatic rings. The highest BCUT2D eigenvalue weighted by molar-refractivity contribution is 6.32. The molecule has 0 saturated carbocycles. The normalized spacial score (nSPS) is 15.3. The maximum Gasteiger partial charge on any atom is 0.142 e. The number of nitrogens with zero attached hydrogens (tertiary/aromatic N) is 1. The molecule has 1 aromatic heterocycles. The molecule has 0 saturated heterocycles. The van der Waals surface area contributed by atoms with Crippen molar-refractivity contribution in [2.24, 2.45) is 0 Å². The summed E-state index contributed by atoms with van der Waals surface area (Å²) >= 11 is 6.73. The second-order valence-electron chi connectivity index (χ2n) is 9.39. The van der Waals surface area contributed by atoms with Gasteiger partial charge in [0.2, 0.25) is 0 Å². The molecule has 0 aliphatic heterocycles. The molecule has 3 aromatic carbocycles. The van der Waals surface area contributed by atoms with Crippen molar-refractivity contribution in [1.82, 2.24) is 10.3 Å². The van der Waals surface area contributed by atoms with Gasteiger partial charge in [-0.2, -0.15) is 0 Å². The van der Waals surface area contributed by atoms with Crippen LogP contribution in [0.2, 0.25) is 5.02 Å². The number of pyridine rings is 1. The number of nitrogens with one attached hydrogen (secondary N) is 1. The lowest BCUT2D eigenvalue weighted by Crippen LogP contribution is -2.28. The van der Waals surface area contributed by atoms with Gasteiger partial charge < -0.3 is 19.9 Å². The first-order valence-corrected chi connectivity index (χ1v) is 13.0. The molecule has 2 unspecified atom stereocenters. The summed E-state index contributed by atoms with van der Waals surface area (Å²) in [5.74, 6) is 1.29. The van der Waals surface area contributed by atoms with Gasteiger partial charge in [0, 0.05) is 42.2 Å². The monoisotopic (exact) mass is 514 g/mol. The molecule has 0 amide bonds. The van der Waals surface area contributed by atoms with E-state index in [-0.39, 0.29) is 18.8 Å². The number of halogens is 1. The van der Waals surface area contributed by atoms with Crippen molar-refractivity contribution in [3.05, 3.63) is 112 Å². The molecule has 2 N–H and O–H groups in total. The Hall–Kier alpha value is -3.38. The first-order valence-electron chi connectivity index (χ1n) is 12.6. The Kier molecular flexibility index (Phi) is 8.05. The number of aliphatic hydroxyl groups is 1. The van der Waals surface area contributed by atoms with E-state index in [1.165, 1.54) is 22.3 Å². The molecule has 4 aromatic rings. The van der Waals surface area contributed by atoms with E-state index in [2.05, 4.69) is 52.8 Å². The van der Waals surface area contributed by atoms with Crippen LogP contribution in [0.3, 0.4) is 0 Å². The number of hydrogen-bond acceptors (Lipinski definition) is 5. The van der Waals surface area contributed by atoms with E-state index >= 15 is 0 Å². The highest BCUT2D eigenvalue weighted by atomic mass is 35.5. The first-order chi connectivity index (χ1) is 18.1. The zero-order valence-corrected chi connectivity index (χ0v) is 21.6. The van der Waals surface area contributed by atoms with E-state index in [1.54, 1.807) is 12.4 Å². The van der Waals surface area contributed by atoms with Crippen molar-refractivity contribution in [3.63, 3.8) is 0 Å². The Labute approximate surface area is 223 Å². The molecule has 37 heavy (non-hydrogen) atoms. The standard InChI is InChI=1S/C31H31ClN2O3/c1-21(19-35)34-18-24-15-28(32)31(16-30(24)36-20-22-7-6-14-33-17-22)37-29-13-12-26-25(10-5-11-27(26)29)23-8-3-2-4-9-23/h2-11,14-17,21,29,34-35H,12-13,18-20H2,1H3. The molecule has 5 nitrogen and oxygen atoms in total. The lowest BCUT2D eigenvalue weighted by molar-refractivity contribution is 0.206. The zero-order valence-electron chi connectivity index (χ0n) is 20.9. The van der Waals surface area contributed by atoms with Crippen LogP contribution < -0.4 is 14.8 Å². The summed E-state index contributed by atoms with van der Waals surface area (Å²) in [7, 11) is 0. The highest BCUT2D eigenvalue weighted by Crippen LogP contribution is 2.42. The average molecular weight is 515 g/mol. The Morgan fingerprint density at radius 3 is 2.70 bits per heavy atom. The number of aromatic nitrogens is 1. The molecule has 0 bridgehead atoms. The molecule has 1 heterocycles. The van der Waals surface area contributed by atoms with Crippen LogP contribution in [0, 0.1) is 0 Å². The fraction of sp³-hybridized carbons (Fsp3) is 0.258. The number of benzene rings is 3. The van der Waals surface area contributed by atoms with Crippen molar-refractivity contribution in [2.45, 2.75) is 45.1 Å². The van der Waals surface area contributed by atoms with Crippen LogP contribution in [-0.4, -0.2) is 22.7 Å². The molecule has 2 atom stereocenters. The van der Waals surface area contributed by atoms with Gasteiger partial charge in [-0.15, -0.1) is 0 Å². The minimum Gasteiger partial charge on any atom is -0.488 e. The summed E-state index contributed by atoms with van der Waals surface area (Å²) in [5, 5.41) is 13.3. The quantitative estimate of drug-likeness (QED) is 0.252. The molecule has 0 radical (unpaired) electrons. The van der Waals surface area contributed by atoms with E-state index in [9.17, 15) is 5.11 Å². The second-order valence-corrected chi connectivity index (χ2v) is 9.80. The van der Waals surface area contributed by atoms with Crippen molar-refractivity contribution >= 4 is 11.6 Å². The summed E-state index contributed by atoms with van der Waals surface area (Å²) in [6.07, 6.45) is 5.29. The largest absolute Gasteiger partial charge is 0.488 e. The van der Waals surface area contributed by atoms with E-state index in [0.717, 1.165) is 24.0 Å². The van der Waals surface area contributed by atoms with E-state index in [1.807, 2.05) is 37.3 Å². The van der Waals surface area contributed by atoms with Gasteiger partial charge in [0.25, 0.3) is 0 Å². The van der Waals surface area contributed by atoms with Crippen LogP contribution in [0.5, 0.6) is 11.5 Å². The summed E-state index contributed by atoms with van der Waals surface area (Å²) in [5.41, 5.74) is 6.90. The Balaban J connectivity index is 1.40. The van der Waals surface area contributed by atoms with Gasteiger partial charge in [-0.3, -0.25) is 4.98 Å². The Morgan fingerprint density at radius 1 is 1.05 bits per heavy atom. The summed E-state index contributed by atoms with van der Waals surface area (Å²) in [6.45, 7) is 2.87. The van der Waals surface area contributed by atoms with Gasteiger partial charge in [-0.25, -0.2) is 0 Å². The molecule has 190 valence electrons. The third-order valence-electron chi connectivity index (χ3n) is 6.72. The third kappa shape index (κ3) is 5.96. The molecule has 6 heteroatoms. The summed E-state index contributed by atoms with van der Waals surface area (Å²) < 4.78 is 12.7. The zero-order chi connectivity index (χ0) is 25.6. The lowest BCUT2D eigenvalue weighted by Gasteiger charge is -2.20. The molecule has 0 spiro atoms. The average Bonchev–Trinajstić information content (AvgIpc) is 3.36. The minimum absolute atomic E-state index is 0.0466. The van der Waals surface area contributed by atoms with Crippen LogP contribution in [0.15, 0.2) is 85.2 Å². The van der Waals surface area contributed by atoms with Crippen molar-refractivity contribution in [3.8, 4) is 22.6 Å². The van der Waals surface area contributed by atoms with Gasteiger partial charge in [0.05, 0.1) is 11.6 Å². The number of ether oxygens (including phenoxy) is 2. The first kappa shape index (κ1) is 25.3. The molecule has 0 fully saturated rings. The maximum atomic E-state index is 9.42. The molecular formula is C31H31ClN2O3. The number of rotatable bonds is 10. The Morgan fingerprint density at radius 2 is 1.92 bits per heavy atom. The lowest BCUT2D eigenvalue weighted by atomic mass is 9.97. The van der Waals surface area contributed by atoms with Crippen LogP contribution in [0.25, 0.3) is 11.1 Å². The third-order valence-corrected chi connectivity index (χ3v) is 7.01. The van der Waals surface area contributed by atoms with Crippen LogP contribution >= 0.6 is 11.6 Å². The van der Waals surface area contributed by atoms with Crippen molar-refractivity contribution in [1.29, 1.82) is 0 Å². The van der Waals surface area contributed by atoms with Gasteiger partial charge in [-0.05, 0) is 54.2 Å². The molecule has 5 rings (SSSR count). The molecule has 1 aliphatic carbocycles. The fourth-order valence-corrected chi connectivity index (χ4v) is 4.94. The van der Waals surface area contributed by atoms with E-state index in [4.69, 9.17) is 21.1 Å². The van der Waals surface area contributed by atoms with E-state index < -0.39 is 0 Å². The van der Waals surface area contributed by atoms with E-state index in [0.29, 0.717) is 29.7 Å². The van der Waals surface area contributed by atoms with Crippen molar-refractivity contribution < 1.29 is 14.6 Å². The van der Waals surface area contributed by atoms with Crippen LogP contribution in [0.1, 0.15) is 41.7 Å². The molecular weight excluding hydrogens is 484 g/mol. The number of aliphatic hydroxyl groups excluding tert-OH is 1. The SMILES string of the molecule is CC(CO)NCc1cc(Cl)c(OC2CCc3c(-c4ccccc4)cccc32)cc1OCc1cccnc1. The smallest absolute Gasteiger partial charge is 0.142 e. The highest BCUT2D eigenvalue weighted by Gasteiger charge is 2.27. The van der Waals surface area contributed by atoms with Gasteiger partial charge >= 0.3 is 0 Å². The second kappa shape index (κ2) is 11.8. The summed E-state index contributed by atoms with van der Waals surface area (Å²) in [4.78, 5) is 4.17. The van der Waals surface area contributed by atoms with Crippen LogP contribution in [0.4, 0.5) is 0 Å². The van der Waals surface area contributed by atoms with Crippen LogP contribution in [-0.2, 0) is 19.6 Å². The van der Waals surface area contributed by atoms with Gasteiger partial charge in [0.1, 0.15) is 24.2 Å². The van der Waals surface area contributed by atoms with Gasteiger partial charge in [0.15, 0.2) is 0 Å². The fourth-order valence-electron chi connectivity index (χ4n) is 4.71. The number of fused-ring (bicyclic) bond motifs is 1. The summed E-state index contributed by atoms with van der Waals surface area (Å²) in [6, 6.07) is 24.5. The van der Waals surface area contributed by atoms with Gasteiger partial charge in [-0.1, -0.05) is 66.2 Å². The topological polar surface area (TPSA) is 63.6 Å². The number of hydrogen-bond donors (Lipinski definition) is 2. The predicted octanol–water partition coefficient (Wildman–Crippen LogP) is 6.52. The Bertz CT molecular complexity index is 1330. The maximum absolute atomic E-state index is 9.42. The minimum atomic E-state index is -0.0827. The van der Waals surface area contributed by atoms with Crippen molar-refractivity contribution in [2.75, 3.05) is 6.61 Å². The predicted molar refractivity (Wildman–Crippen MR) is 147 cm³/mol.